The highest BCUT2D eigenvalue weighted by Gasteiger charge is 2.11. The van der Waals surface area contributed by atoms with Crippen molar-refractivity contribution in [3.8, 4) is 17.2 Å². The molecule has 0 unspecified atom stereocenters. The Bertz CT molecular complexity index is 879. The third-order valence-corrected chi connectivity index (χ3v) is 3.83. The van der Waals surface area contributed by atoms with E-state index in [-0.39, 0.29) is 29.8 Å². The number of benzene rings is 2. The van der Waals surface area contributed by atoms with Crippen LogP contribution in [0.4, 0.5) is 8.78 Å². The SMILES string of the molecule is COc1ccc(/C=C/C(=O)c2ccc(OCC(=O)N(C)C)cc2)cc1OC(F)F. The molecule has 2 rings (SSSR count). The summed E-state index contributed by atoms with van der Waals surface area (Å²) in [4.78, 5) is 25.2. The van der Waals surface area contributed by atoms with Gasteiger partial charge in [0.2, 0.25) is 0 Å². The number of likely N-dealkylation sites (N-methyl/N-ethyl adjacent to an activating group) is 1. The number of amides is 1. The molecule has 0 aliphatic heterocycles. The second-order valence-electron chi connectivity index (χ2n) is 6.09. The molecule has 0 aromatic heterocycles. The van der Waals surface area contributed by atoms with E-state index in [4.69, 9.17) is 9.47 Å². The Morgan fingerprint density at radius 1 is 1.07 bits per heavy atom. The number of rotatable bonds is 9. The first kappa shape index (κ1) is 21.9. The summed E-state index contributed by atoms with van der Waals surface area (Å²) in [6.07, 6.45) is 2.81. The van der Waals surface area contributed by atoms with Gasteiger partial charge in [0.15, 0.2) is 23.9 Å². The van der Waals surface area contributed by atoms with Gasteiger partial charge in [0, 0.05) is 19.7 Å². The Kier molecular flexibility index (Phi) is 7.70. The third-order valence-electron chi connectivity index (χ3n) is 3.83. The smallest absolute Gasteiger partial charge is 0.387 e. The van der Waals surface area contributed by atoms with E-state index in [1.54, 1.807) is 44.4 Å². The number of allylic oxidation sites excluding steroid dienone is 1. The molecule has 154 valence electrons. The van der Waals surface area contributed by atoms with Gasteiger partial charge in [-0.15, -0.1) is 0 Å². The quantitative estimate of drug-likeness (QED) is 0.471. The molecular weight excluding hydrogens is 384 g/mol. The largest absolute Gasteiger partial charge is 0.493 e. The topological polar surface area (TPSA) is 65.1 Å². The summed E-state index contributed by atoms with van der Waals surface area (Å²) in [7, 11) is 4.60. The van der Waals surface area contributed by atoms with Gasteiger partial charge >= 0.3 is 6.61 Å². The lowest BCUT2D eigenvalue weighted by molar-refractivity contribution is -0.130. The van der Waals surface area contributed by atoms with Crippen molar-refractivity contribution in [3.05, 3.63) is 59.7 Å². The Hall–Kier alpha value is -3.42. The van der Waals surface area contributed by atoms with Gasteiger partial charge in [0.25, 0.3) is 5.91 Å². The van der Waals surface area contributed by atoms with E-state index in [1.807, 2.05) is 0 Å². The van der Waals surface area contributed by atoms with E-state index < -0.39 is 6.61 Å². The van der Waals surface area contributed by atoms with Gasteiger partial charge in [-0.25, -0.2) is 0 Å². The zero-order valence-corrected chi connectivity index (χ0v) is 16.2. The maximum Gasteiger partial charge on any atom is 0.387 e. The molecule has 0 fully saturated rings. The zero-order valence-electron chi connectivity index (χ0n) is 16.2. The zero-order chi connectivity index (χ0) is 21.4. The van der Waals surface area contributed by atoms with Crippen LogP contribution in [0.25, 0.3) is 6.08 Å². The molecule has 0 aliphatic rings. The second kappa shape index (κ2) is 10.2. The van der Waals surface area contributed by atoms with Gasteiger partial charge in [-0.2, -0.15) is 8.78 Å². The number of carbonyl (C=O) groups excluding carboxylic acids is 2. The summed E-state index contributed by atoms with van der Waals surface area (Å²) in [5.41, 5.74) is 0.905. The highest BCUT2D eigenvalue weighted by atomic mass is 19.3. The average Bonchev–Trinajstić information content (AvgIpc) is 2.70. The van der Waals surface area contributed by atoms with Gasteiger partial charge in [-0.05, 0) is 48.0 Å². The van der Waals surface area contributed by atoms with Crippen LogP contribution in [0, 0.1) is 0 Å². The number of hydrogen-bond acceptors (Lipinski definition) is 5. The summed E-state index contributed by atoms with van der Waals surface area (Å²) in [5.74, 6) is 0.0449. The molecule has 29 heavy (non-hydrogen) atoms. The van der Waals surface area contributed by atoms with Crippen molar-refractivity contribution in [1.82, 2.24) is 4.90 Å². The summed E-state index contributed by atoms with van der Waals surface area (Å²) in [6, 6.07) is 10.8. The molecule has 0 spiro atoms. The lowest BCUT2D eigenvalue weighted by Gasteiger charge is -2.11. The van der Waals surface area contributed by atoms with E-state index in [1.165, 1.54) is 36.3 Å². The number of hydrogen-bond donors (Lipinski definition) is 0. The molecule has 0 N–H and O–H groups in total. The van der Waals surface area contributed by atoms with Crippen LogP contribution in [0.1, 0.15) is 15.9 Å². The molecule has 0 heterocycles. The van der Waals surface area contributed by atoms with E-state index in [9.17, 15) is 18.4 Å². The molecule has 0 saturated carbocycles. The van der Waals surface area contributed by atoms with Crippen molar-refractivity contribution in [1.29, 1.82) is 0 Å². The van der Waals surface area contributed by atoms with Crippen molar-refractivity contribution in [3.63, 3.8) is 0 Å². The summed E-state index contributed by atoms with van der Waals surface area (Å²) < 4.78 is 39.7. The van der Waals surface area contributed by atoms with Crippen LogP contribution in [0.2, 0.25) is 0 Å². The predicted molar refractivity (Wildman–Crippen MR) is 104 cm³/mol. The normalized spacial score (nSPS) is 10.8. The fraction of sp³-hybridized carbons (Fsp3) is 0.238. The fourth-order valence-corrected chi connectivity index (χ4v) is 2.24. The lowest BCUT2D eigenvalue weighted by atomic mass is 10.1. The van der Waals surface area contributed by atoms with E-state index >= 15 is 0 Å². The highest BCUT2D eigenvalue weighted by molar-refractivity contribution is 6.06. The first-order valence-corrected chi connectivity index (χ1v) is 8.58. The Balaban J connectivity index is 2.04. The van der Waals surface area contributed by atoms with E-state index in [2.05, 4.69) is 4.74 Å². The van der Waals surface area contributed by atoms with Crippen LogP contribution in [0.5, 0.6) is 17.2 Å². The molecule has 0 radical (unpaired) electrons. The standard InChI is InChI=1S/C21H21F2NO5/c1-24(2)20(26)13-28-16-8-6-15(7-9-16)17(25)10-4-14-5-11-18(27-3)19(12-14)29-21(22)23/h4-12,21H,13H2,1-3H3/b10-4+. The predicted octanol–water partition coefficient (Wildman–Crippen LogP) is 3.66. The third kappa shape index (κ3) is 6.60. The molecule has 0 bridgehead atoms. The van der Waals surface area contributed by atoms with Gasteiger partial charge in [0.1, 0.15) is 5.75 Å². The van der Waals surface area contributed by atoms with Crippen molar-refractivity contribution in [2.75, 3.05) is 27.8 Å². The number of nitrogens with zero attached hydrogens (tertiary/aromatic N) is 1. The van der Waals surface area contributed by atoms with E-state index in [0.29, 0.717) is 16.9 Å². The number of carbonyl (C=O) groups is 2. The van der Waals surface area contributed by atoms with Gasteiger partial charge in [0.05, 0.1) is 7.11 Å². The Morgan fingerprint density at radius 2 is 1.76 bits per heavy atom. The molecule has 0 aliphatic carbocycles. The van der Waals surface area contributed by atoms with Crippen molar-refractivity contribution in [2.45, 2.75) is 6.61 Å². The number of ketones is 1. The van der Waals surface area contributed by atoms with Gasteiger partial charge in [-0.3, -0.25) is 9.59 Å². The Morgan fingerprint density at radius 3 is 2.34 bits per heavy atom. The second-order valence-corrected chi connectivity index (χ2v) is 6.09. The molecule has 0 saturated heterocycles. The van der Waals surface area contributed by atoms with Crippen molar-refractivity contribution >= 4 is 17.8 Å². The van der Waals surface area contributed by atoms with Crippen LogP contribution in [-0.2, 0) is 4.79 Å². The number of alkyl halides is 2. The van der Waals surface area contributed by atoms with E-state index in [0.717, 1.165) is 0 Å². The first-order chi connectivity index (χ1) is 13.8. The van der Waals surface area contributed by atoms with Crippen LogP contribution in [0.3, 0.4) is 0 Å². The molecule has 0 atom stereocenters. The molecule has 1 amide bonds. The first-order valence-electron chi connectivity index (χ1n) is 8.58. The number of methoxy groups -OCH3 is 1. The lowest BCUT2D eigenvalue weighted by Crippen LogP contribution is -2.27. The molecule has 2 aromatic carbocycles. The maximum atomic E-state index is 12.5. The summed E-state index contributed by atoms with van der Waals surface area (Å²) in [5, 5.41) is 0. The van der Waals surface area contributed by atoms with Crippen LogP contribution in [-0.4, -0.2) is 51.0 Å². The maximum absolute atomic E-state index is 12.5. The summed E-state index contributed by atoms with van der Waals surface area (Å²) in [6.45, 7) is -3.08. The summed E-state index contributed by atoms with van der Waals surface area (Å²) >= 11 is 0. The Labute approximate surface area is 167 Å². The van der Waals surface area contributed by atoms with Crippen LogP contribution in [0.15, 0.2) is 48.5 Å². The van der Waals surface area contributed by atoms with Gasteiger partial charge in [-0.1, -0.05) is 12.1 Å². The minimum Gasteiger partial charge on any atom is -0.493 e. The van der Waals surface area contributed by atoms with Gasteiger partial charge < -0.3 is 19.1 Å². The molecular formula is C21H21F2NO5. The number of ether oxygens (including phenoxy) is 3. The molecule has 8 heteroatoms. The van der Waals surface area contributed by atoms with Crippen LogP contribution < -0.4 is 14.2 Å². The minimum atomic E-state index is -2.99. The van der Waals surface area contributed by atoms with Crippen LogP contribution >= 0.6 is 0 Å². The van der Waals surface area contributed by atoms with Crippen molar-refractivity contribution < 1.29 is 32.6 Å². The highest BCUT2D eigenvalue weighted by Crippen LogP contribution is 2.30. The average molecular weight is 405 g/mol. The number of halogens is 2. The fourth-order valence-electron chi connectivity index (χ4n) is 2.24. The monoisotopic (exact) mass is 405 g/mol. The minimum absolute atomic E-state index is 0.0965. The molecule has 2 aromatic rings. The molecule has 6 nitrogen and oxygen atoms in total. The van der Waals surface area contributed by atoms with Crippen molar-refractivity contribution in [2.24, 2.45) is 0 Å².